The summed E-state index contributed by atoms with van der Waals surface area (Å²) in [7, 11) is 1.75. The number of carbonyl (C=O) groups excluding carboxylic acids is 1. The molecule has 1 aromatic carbocycles. The van der Waals surface area contributed by atoms with Crippen LogP contribution in [0.5, 0.6) is 0 Å². The second kappa shape index (κ2) is 7.36. The van der Waals surface area contributed by atoms with E-state index in [0.29, 0.717) is 23.7 Å². The molecule has 0 saturated carbocycles. The van der Waals surface area contributed by atoms with E-state index < -0.39 is 6.10 Å². The van der Waals surface area contributed by atoms with E-state index in [9.17, 15) is 9.90 Å². The molecule has 0 aliphatic heterocycles. The summed E-state index contributed by atoms with van der Waals surface area (Å²) >= 11 is 5.99. The maximum absolute atomic E-state index is 11.3. The molecule has 5 heteroatoms. The number of halogens is 1. The zero-order chi connectivity index (χ0) is 13.5. The average molecular weight is 272 g/mol. The minimum absolute atomic E-state index is 0.148. The van der Waals surface area contributed by atoms with Gasteiger partial charge in [0.2, 0.25) is 0 Å². The number of aliphatic hydroxyl groups excluding tert-OH is 1. The van der Waals surface area contributed by atoms with Gasteiger partial charge in [0.1, 0.15) is 0 Å². The van der Waals surface area contributed by atoms with Crippen LogP contribution in [0.3, 0.4) is 0 Å². The summed E-state index contributed by atoms with van der Waals surface area (Å²) in [6, 6.07) is 7.12. The molecule has 1 N–H and O–H groups in total. The van der Waals surface area contributed by atoms with Crippen LogP contribution >= 0.6 is 11.6 Å². The lowest BCUT2D eigenvalue weighted by molar-refractivity contribution is -0.144. The Hall–Kier alpha value is -1.10. The fraction of sp³-hybridized carbons (Fsp3) is 0.462. The third-order valence-electron chi connectivity index (χ3n) is 2.45. The van der Waals surface area contributed by atoms with Crippen LogP contribution in [0.15, 0.2) is 24.3 Å². The molecule has 0 amide bonds. The molecule has 0 bridgehead atoms. The van der Waals surface area contributed by atoms with Gasteiger partial charge in [0.05, 0.1) is 19.3 Å². The predicted octanol–water partition coefficient (Wildman–Crippen LogP) is 1.87. The van der Waals surface area contributed by atoms with Crippen LogP contribution < -0.4 is 0 Å². The minimum Gasteiger partial charge on any atom is -0.465 e. The molecule has 0 radical (unpaired) electrons. The van der Waals surface area contributed by atoms with E-state index in [1.54, 1.807) is 37.1 Å². The van der Waals surface area contributed by atoms with Crippen LogP contribution in [0.25, 0.3) is 0 Å². The Labute approximate surface area is 112 Å². The molecule has 1 aromatic rings. The molecular weight excluding hydrogens is 254 g/mol. The van der Waals surface area contributed by atoms with Crippen LogP contribution in [0, 0.1) is 0 Å². The number of nitrogens with zero attached hydrogens (tertiary/aromatic N) is 1. The van der Waals surface area contributed by atoms with Crippen LogP contribution in [0.1, 0.15) is 18.6 Å². The van der Waals surface area contributed by atoms with Crippen LogP contribution in [-0.4, -0.2) is 42.7 Å². The van der Waals surface area contributed by atoms with Crippen molar-refractivity contribution >= 4 is 17.6 Å². The number of aliphatic hydroxyl groups is 1. The number of hydrogen-bond acceptors (Lipinski definition) is 4. The van der Waals surface area contributed by atoms with Gasteiger partial charge in [0, 0.05) is 17.1 Å². The number of hydrogen-bond donors (Lipinski definition) is 1. The molecule has 1 unspecified atom stereocenters. The summed E-state index contributed by atoms with van der Waals surface area (Å²) < 4.78 is 4.84. The Balaban J connectivity index is 2.52. The van der Waals surface area contributed by atoms with Gasteiger partial charge in [0.15, 0.2) is 0 Å². The van der Waals surface area contributed by atoms with Crippen molar-refractivity contribution in [2.24, 2.45) is 0 Å². The number of rotatable bonds is 6. The second-order valence-electron chi connectivity index (χ2n) is 4.04. The summed E-state index contributed by atoms with van der Waals surface area (Å²) in [5, 5.41) is 10.6. The van der Waals surface area contributed by atoms with E-state index in [0.717, 1.165) is 0 Å². The lowest BCUT2D eigenvalue weighted by Crippen LogP contribution is -2.31. The maximum atomic E-state index is 11.3. The number of esters is 1. The lowest BCUT2D eigenvalue weighted by atomic mass is 10.1. The topological polar surface area (TPSA) is 49.8 Å². The molecule has 0 saturated heterocycles. The molecule has 18 heavy (non-hydrogen) atoms. The number of ether oxygens (including phenoxy) is 1. The first-order valence-electron chi connectivity index (χ1n) is 5.81. The quantitative estimate of drug-likeness (QED) is 0.803. The number of likely N-dealkylation sites (N-methyl/N-ethyl adjacent to an activating group) is 1. The first-order chi connectivity index (χ1) is 8.54. The third-order valence-corrected chi connectivity index (χ3v) is 2.80. The van der Waals surface area contributed by atoms with Crippen molar-refractivity contribution < 1.29 is 14.6 Å². The highest BCUT2D eigenvalue weighted by Gasteiger charge is 2.15. The van der Waals surface area contributed by atoms with Gasteiger partial charge in [-0.25, -0.2) is 0 Å². The number of carbonyl (C=O) groups is 1. The highest BCUT2D eigenvalue weighted by atomic mass is 35.5. The normalized spacial score (nSPS) is 12.5. The number of benzene rings is 1. The highest BCUT2D eigenvalue weighted by Crippen LogP contribution is 2.22. The third kappa shape index (κ3) is 4.64. The Morgan fingerprint density at radius 2 is 2.17 bits per heavy atom. The van der Waals surface area contributed by atoms with E-state index >= 15 is 0 Å². The molecule has 0 aliphatic rings. The molecular formula is C13H18ClNO3. The minimum atomic E-state index is -0.724. The molecule has 4 nitrogen and oxygen atoms in total. The second-order valence-corrected chi connectivity index (χ2v) is 4.45. The van der Waals surface area contributed by atoms with E-state index in [2.05, 4.69) is 0 Å². The molecule has 0 aromatic heterocycles. The fourth-order valence-corrected chi connectivity index (χ4v) is 1.89. The van der Waals surface area contributed by atoms with E-state index in [1.807, 2.05) is 6.07 Å². The first kappa shape index (κ1) is 15.0. The summed E-state index contributed by atoms with van der Waals surface area (Å²) in [5.74, 6) is -0.300. The average Bonchev–Trinajstić information content (AvgIpc) is 2.29. The van der Waals surface area contributed by atoms with Crippen LogP contribution in [0.4, 0.5) is 0 Å². The van der Waals surface area contributed by atoms with E-state index in [-0.39, 0.29) is 12.5 Å². The molecule has 0 aliphatic carbocycles. The van der Waals surface area contributed by atoms with Crippen molar-refractivity contribution in [3.8, 4) is 0 Å². The maximum Gasteiger partial charge on any atom is 0.320 e. The lowest BCUT2D eigenvalue weighted by Gasteiger charge is -2.20. The molecule has 0 heterocycles. The van der Waals surface area contributed by atoms with Gasteiger partial charge in [-0.3, -0.25) is 9.69 Å². The van der Waals surface area contributed by atoms with Gasteiger partial charge in [0.25, 0.3) is 0 Å². The molecule has 1 rings (SSSR count). The van der Waals surface area contributed by atoms with Gasteiger partial charge < -0.3 is 9.84 Å². The Morgan fingerprint density at radius 1 is 1.50 bits per heavy atom. The molecule has 0 fully saturated rings. The zero-order valence-electron chi connectivity index (χ0n) is 10.6. The monoisotopic (exact) mass is 271 g/mol. The van der Waals surface area contributed by atoms with Crippen molar-refractivity contribution in [1.82, 2.24) is 4.90 Å². The molecule has 100 valence electrons. The van der Waals surface area contributed by atoms with Crippen molar-refractivity contribution in [3.63, 3.8) is 0 Å². The van der Waals surface area contributed by atoms with E-state index in [1.165, 1.54) is 0 Å². The van der Waals surface area contributed by atoms with Crippen molar-refractivity contribution in [3.05, 3.63) is 34.9 Å². The Kier molecular flexibility index (Phi) is 6.12. The van der Waals surface area contributed by atoms with Gasteiger partial charge in [-0.05, 0) is 20.0 Å². The van der Waals surface area contributed by atoms with Crippen LogP contribution in [0.2, 0.25) is 5.02 Å². The SMILES string of the molecule is CCOC(=O)CN(C)CC(O)c1ccccc1Cl. The highest BCUT2D eigenvalue weighted by molar-refractivity contribution is 6.31. The molecule has 1 atom stereocenters. The molecule has 0 spiro atoms. The van der Waals surface area contributed by atoms with E-state index in [4.69, 9.17) is 16.3 Å². The summed E-state index contributed by atoms with van der Waals surface area (Å²) in [6.45, 7) is 2.59. The van der Waals surface area contributed by atoms with Crippen molar-refractivity contribution in [1.29, 1.82) is 0 Å². The van der Waals surface area contributed by atoms with Crippen LogP contribution in [-0.2, 0) is 9.53 Å². The van der Waals surface area contributed by atoms with Crippen molar-refractivity contribution in [2.45, 2.75) is 13.0 Å². The Morgan fingerprint density at radius 3 is 2.78 bits per heavy atom. The van der Waals surface area contributed by atoms with Gasteiger partial charge in [-0.2, -0.15) is 0 Å². The van der Waals surface area contributed by atoms with Gasteiger partial charge in [-0.15, -0.1) is 0 Å². The fourth-order valence-electron chi connectivity index (χ4n) is 1.63. The largest absolute Gasteiger partial charge is 0.465 e. The predicted molar refractivity (Wildman–Crippen MR) is 70.5 cm³/mol. The van der Waals surface area contributed by atoms with Crippen molar-refractivity contribution in [2.75, 3.05) is 26.7 Å². The smallest absolute Gasteiger partial charge is 0.320 e. The summed E-state index contributed by atoms with van der Waals surface area (Å²) in [4.78, 5) is 13.0. The first-order valence-corrected chi connectivity index (χ1v) is 6.19. The summed E-state index contributed by atoms with van der Waals surface area (Å²) in [5.41, 5.74) is 0.662. The zero-order valence-corrected chi connectivity index (χ0v) is 11.4. The summed E-state index contributed by atoms with van der Waals surface area (Å²) in [6.07, 6.45) is -0.724. The Bertz CT molecular complexity index is 398. The van der Waals surface area contributed by atoms with Gasteiger partial charge in [-0.1, -0.05) is 29.8 Å². The standard InChI is InChI=1S/C13H18ClNO3/c1-3-18-13(17)9-15(2)8-12(16)10-6-4-5-7-11(10)14/h4-7,12,16H,3,8-9H2,1-2H3. The van der Waals surface area contributed by atoms with Gasteiger partial charge >= 0.3 is 5.97 Å².